The van der Waals surface area contributed by atoms with E-state index in [4.69, 9.17) is 16.3 Å². The number of ether oxygens (including phenoxy) is 1. The zero-order valence-electron chi connectivity index (χ0n) is 9.96. The van der Waals surface area contributed by atoms with Gasteiger partial charge in [-0.05, 0) is 27.7 Å². The Balaban J connectivity index is 4.61. The number of carbonyl (C=O) groups is 2. The summed E-state index contributed by atoms with van der Waals surface area (Å²) in [7, 11) is 0. The highest BCUT2D eigenvalue weighted by Crippen LogP contribution is 2.12. The Bertz CT molecular complexity index is 324. The van der Waals surface area contributed by atoms with E-state index in [1.54, 1.807) is 20.8 Å². The lowest BCUT2D eigenvalue weighted by Gasteiger charge is -2.26. The summed E-state index contributed by atoms with van der Waals surface area (Å²) in [4.78, 5) is 22.3. The molecule has 16 heavy (non-hydrogen) atoms. The largest absolute Gasteiger partial charge is 0.479 e. The smallest absolute Gasteiger partial charge is 0.408 e. The van der Waals surface area contributed by atoms with Crippen molar-refractivity contribution in [1.82, 2.24) is 5.32 Å². The molecule has 0 aliphatic rings. The van der Waals surface area contributed by atoms with E-state index < -0.39 is 23.2 Å². The number of amides is 1. The quantitative estimate of drug-likeness (QED) is 0.714. The van der Waals surface area contributed by atoms with Gasteiger partial charge in [0.15, 0.2) is 0 Å². The highest BCUT2D eigenvalue weighted by Gasteiger charge is 2.35. The number of hydrogen-bond donors (Lipinski definition) is 2. The minimum absolute atomic E-state index is 0.110. The number of rotatable bonds is 3. The molecular formula is C11H17NO4. The van der Waals surface area contributed by atoms with Gasteiger partial charge in [0.25, 0.3) is 0 Å². The van der Waals surface area contributed by atoms with Crippen LogP contribution in [0, 0.1) is 12.3 Å². The lowest BCUT2D eigenvalue weighted by Crippen LogP contribution is -2.53. The number of alkyl carbamates (subject to hydrolysis) is 1. The number of hydrogen-bond acceptors (Lipinski definition) is 3. The van der Waals surface area contributed by atoms with E-state index in [1.807, 2.05) is 0 Å². The molecule has 1 amide bonds. The normalized spacial score (nSPS) is 14.4. The second kappa shape index (κ2) is 4.88. The van der Waals surface area contributed by atoms with Gasteiger partial charge in [0, 0.05) is 6.42 Å². The molecule has 1 atom stereocenters. The van der Waals surface area contributed by atoms with Crippen molar-refractivity contribution in [3.8, 4) is 12.3 Å². The molecule has 0 rings (SSSR count). The molecule has 0 aliphatic heterocycles. The van der Waals surface area contributed by atoms with Crippen LogP contribution in [0.15, 0.2) is 0 Å². The number of terminal acetylenes is 1. The van der Waals surface area contributed by atoms with Crippen LogP contribution in [0.3, 0.4) is 0 Å². The zero-order valence-corrected chi connectivity index (χ0v) is 9.96. The van der Waals surface area contributed by atoms with Crippen LogP contribution in [-0.2, 0) is 9.53 Å². The number of carbonyl (C=O) groups excluding carboxylic acids is 1. The predicted molar refractivity (Wildman–Crippen MR) is 58.9 cm³/mol. The second-order valence-electron chi connectivity index (χ2n) is 4.65. The van der Waals surface area contributed by atoms with Gasteiger partial charge in [-0.3, -0.25) is 0 Å². The first kappa shape index (κ1) is 14.3. The molecule has 0 radical (unpaired) electrons. The third-order valence-corrected chi connectivity index (χ3v) is 1.70. The average Bonchev–Trinajstić information content (AvgIpc) is 1.99. The fourth-order valence-corrected chi connectivity index (χ4v) is 0.906. The van der Waals surface area contributed by atoms with Crippen molar-refractivity contribution >= 4 is 12.1 Å². The molecule has 0 fully saturated rings. The van der Waals surface area contributed by atoms with E-state index in [-0.39, 0.29) is 6.42 Å². The average molecular weight is 227 g/mol. The van der Waals surface area contributed by atoms with Crippen molar-refractivity contribution in [2.24, 2.45) is 0 Å². The van der Waals surface area contributed by atoms with E-state index in [1.165, 1.54) is 6.92 Å². The Morgan fingerprint density at radius 3 is 2.19 bits per heavy atom. The van der Waals surface area contributed by atoms with Gasteiger partial charge in [-0.15, -0.1) is 12.3 Å². The maximum Gasteiger partial charge on any atom is 0.408 e. The summed E-state index contributed by atoms with van der Waals surface area (Å²) in [5.41, 5.74) is -2.18. The Morgan fingerprint density at radius 1 is 1.38 bits per heavy atom. The minimum Gasteiger partial charge on any atom is -0.479 e. The van der Waals surface area contributed by atoms with Gasteiger partial charge in [-0.25, -0.2) is 9.59 Å². The first-order chi connectivity index (χ1) is 7.10. The molecule has 0 aliphatic carbocycles. The topological polar surface area (TPSA) is 75.6 Å². The van der Waals surface area contributed by atoms with E-state index in [0.29, 0.717) is 0 Å². The molecule has 0 spiro atoms. The molecular weight excluding hydrogens is 210 g/mol. The van der Waals surface area contributed by atoms with Gasteiger partial charge < -0.3 is 15.2 Å². The fourth-order valence-electron chi connectivity index (χ4n) is 0.906. The summed E-state index contributed by atoms with van der Waals surface area (Å²) in [5.74, 6) is 1.01. The second-order valence-corrected chi connectivity index (χ2v) is 4.65. The van der Waals surface area contributed by atoms with Crippen LogP contribution in [0.25, 0.3) is 0 Å². The number of aliphatic carboxylic acids is 1. The van der Waals surface area contributed by atoms with Crippen molar-refractivity contribution in [2.45, 2.75) is 45.3 Å². The van der Waals surface area contributed by atoms with Gasteiger partial charge >= 0.3 is 12.1 Å². The van der Waals surface area contributed by atoms with Crippen LogP contribution in [0.1, 0.15) is 34.1 Å². The highest BCUT2D eigenvalue weighted by molar-refractivity contribution is 5.84. The maximum absolute atomic E-state index is 11.4. The molecule has 0 aromatic carbocycles. The van der Waals surface area contributed by atoms with Gasteiger partial charge in [0.05, 0.1) is 0 Å². The summed E-state index contributed by atoms with van der Waals surface area (Å²) >= 11 is 0. The van der Waals surface area contributed by atoms with Crippen molar-refractivity contribution in [2.75, 3.05) is 0 Å². The Morgan fingerprint density at radius 2 is 1.88 bits per heavy atom. The van der Waals surface area contributed by atoms with Gasteiger partial charge in [0.1, 0.15) is 11.1 Å². The van der Waals surface area contributed by atoms with E-state index in [2.05, 4.69) is 11.2 Å². The Hall–Kier alpha value is -1.70. The van der Waals surface area contributed by atoms with E-state index in [0.717, 1.165) is 0 Å². The van der Waals surface area contributed by atoms with Crippen molar-refractivity contribution in [1.29, 1.82) is 0 Å². The molecule has 0 bridgehead atoms. The molecule has 0 unspecified atom stereocenters. The molecule has 0 heterocycles. The molecule has 5 heteroatoms. The summed E-state index contributed by atoms with van der Waals surface area (Å²) in [6.07, 6.45) is 4.14. The lowest BCUT2D eigenvalue weighted by atomic mass is 9.99. The number of nitrogens with one attached hydrogen (secondary N) is 1. The Kier molecular flexibility index (Phi) is 4.36. The Labute approximate surface area is 95.2 Å². The first-order valence-electron chi connectivity index (χ1n) is 4.79. The third kappa shape index (κ3) is 4.69. The highest BCUT2D eigenvalue weighted by atomic mass is 16.6. The monoisotopic (exact) mass is 227 g/mol. The summed E-state index contributed by atoms with van der Waals surface area (Å²) in [5, 5.41) is 11.2. The van der Waals surface area contributed by atoms with Crippen LogP contribution in [0.5, 0.6) is 0 Å². The standard InChI is InChI=1S/C11H17NO4/c1-6-7-11(5,8(13)14)12-9(15)16-10(2,3)4/h1H,7H2,2-5H3,(H,12,15)(H,13,14)/t11-/m0/s1. The van der Waals surface area contributed by atoms with Gasteiger partial charge in [-0.2, -0.15) is 0 Å². The van der Waals surface area contributed by atoms with Crippen LogP contribution in [-0.4, -0.2) is 28.3 Å². The van der Waals surface area contributed by atoms with Crippen LogP contribution >= 0.6 is 0 Å². The summed E-state index contributed by atoms with van der Waals surface area (Å²) in [6, 6.07) is 0. The van der Waals surface area contributed by atoms with E-state index >= 15 is 0 Å². The predicted octanol–water partition coefficient (Wildman–Crippen LogP) is 1.38. The first-order valence-corrected chi connectivity index (χ1v) is 4.79. The van der Waals surface area contributed by atoms with Crippen molar-refractivity contribution < 1.29 is 19.4 Å². The van der Waals surface area contributed by atoms with Gasteiger partial charge in [-0.1, -0.05) is 0 Å². The third-order valence-electron chi connectivity index (χ3n) is 1.70. The fraction of sp³-hybridized carbons (Fsp3) is 0.636. The van der Waals surface area contributed by atoms with Crippen molar-refractivity contribution in [3.05, 3.63) is 0 Å². The maximum atomic E-state index is 11.4. The lowest BCUT2D eigenvalue weighted by molar-refractivity contribution is -0.143. The molecule has 2 N–H and O–H groups in total. The number of carboxylic acids is 1. The summed E-state index contributed by atoms with van der Waals surface area (Å²) < 4.78 is 4.95. The van der Waals surface area contributed by atoms with Gasteiger partial charge in [0.2, 0.25) is 0 Å². The molecule has 90 valence electrons. The molecule has 0 aromatic heterocycles. The zero-order chi connectivity index (χ0) is 13.0. The molecule has 0 saturated carbocycles. The molecule has 0 saturated heterocycles. The van der Waals surface area contributed by atoms with Crippen LogP contribution in [0.2, 0.25) is 0 Å². The molecule has 0 aromatic rings. The van der Waals surface area contributed by atoms with Crippen LogP contribution in [0.4, 0.5) is 4.79 Å². The SMILES string of the molecule is C#CC[C@](C)(NC(=O)OC(C)(C)C)C(=O)O. The summed E-state index contributed by atoms with van der Waals surface area (Å²) in [6.45, 7) is 6.39. The minimum atomic E-state index is -1.50. The van der Waals surface area contributed by atoms with Crippen molar-refractivity contribution in [3.63, 3.8) is 0 Å². The van der Waals surface area contributed by atoms with E-state index in [9.17, 15) is 9.59 Å². The number of carboxylic acid groups (broad SMARTS) is 1. The van der Waals surface area contributed by atoms with Crippen LogP contribution < -0.4 is 5.32 Å². The molecule has 5 nitrogen and oxygen atoms in total.